The van der Waals surface area contributed by atoms with Crippen LogP contribution in [0, 0.1) is 0 Å². The Morgan fingerprint density at radius 3 is 2.08 bits per heavy atom. The van der Waals surface area contributed by atoms with Crippen molar-refractivity contribution in [3.05, 3.63) is 107 Å². The molecule has 13 heteroatoms. The molecule has 0 aliphatic carbocycles. The van der Waals surface area contributed by atoms with Crippen molar-refractivity contribution in [2.75, 3.05) is 35.2 Å². The van der Waals surface area contributed by atoms with Crippen molar-refractivity contribution in [3.63, 3.8) is 0 Å². The average molecular weight is 654 g/mol. The summed E-state index contributed by atoms with van der Waals surface area (Å²) in [6, 6.07) is 21.2. The van der Waals surface area contributed by atoms with Gasteiger partial charge in [-0.25, -0.2) is 10.2 Å². The molecule has 1 aliphatic heterocycles. The number of fused-ring (bicyclic) bond motifs is 1. The van der Waals surface area contributed by atoms with Crippen molar-refractivity contribution in [2.45, 2.75) is 0 Å². The van der Waals surface area contributed by atoms with E-state index in [1.807, 2.05) is 0 Å². The van der Waals surface area contributed by atoms with E-state index in [0.29, 0.717) is 33.9 Å². The topological polar surface area (TPSA) is 152 Å². The van der Waals surface area contributed by atoms with Crippen molar-refractivity contribution in [2.24, 2.45) is 5.10 Å². The second-order valence-corrected chi connectivity index (χ2v) is 9.90. The molecule has 0 atom stereocenters. The number of amides is 2. The van der Waals surface area contributed by atoms with E-state index in [-0.39, 0.29) is 41.1 Å². The third-order valence-electron chi connectivity index (χ3n) is 6.91. The number of hydrogen-bond acceptors (Lipinski definition) is 11. The molecule has 0 saturated carbocycles. The normalized spacial score (nSPS) is 11.9. The SMILES string of the molecule is COc1cc(/C=N\NC(=O)/C(=C/c2ccc3c(c2)OCO3)NC(=O)c2ccccc2)ccc1OC(=O)c1cc(OC)c(OC)c(OC)c1. The van der Waals surface area contributed by atoms with Crippen LogP contribution in [0.3, 0.4) is 0 Å². The minimum atomic E-state index is -0.694. The van der Waals surface area contributed by atoms with Gasteiger partial charge in [-0.3, -0.25) is 9.59 Å². The van der Waals surface area contributed by atoms with Gasteiger partial charge < -0.3 is 38.5 Å². The van der Waals surface area contributed by atoms with Crippen LogP contribution >= 0.6 is 0 Å². The van der Waals surface area contributed by atoms with E-state index < -0.39 is 17.8 Å². The number of rotatable bonds is 12. The first-order chi connectivity index (χ1) is 23.3. The molecule has 48 heavy (non-hydrogen) atoms. The molecule has 0 aromatic heterocycles. The second-order valence-electron chi connectivity index (χ2n) is 9.90. The van der Waals surface area contributed by atoms with Crippen molar-refractivity contribution in [1.82, 2.24) is 10.7 Å². The summed E-state index contributed by atoms with van der Waals surface area (Å²) < 4.78 is 37.7. The Kier molecular flexibility index (Phi) is 10.4. The Balaban J connectivity index is 1.31. The molecule has 13 nitrogen and oxygen atoms in total. The average Bonchev–Trinajstić information content (AvgIpc) is 3.59. The van der Waals surface area contributed by atoms with Gasteiger partial charge in [-0.2, -0.15) is 5.10 Å². The van der Waals surface area contributed by atoms with Crippen molar-refractivity contribution in [3.8, 4) is 40.2 Å². The van der Waals surface area contributed by atoms with Gasteiger partial charge in [0.25, 0.3) is 11.8 Å². The number of hydrazone groups is 1. The van der Waals surface area contributed by atoms with E-state index in [1.165, 1.54) is 58.9 Å². The Labute approximate surface area is 275 Å². The number of carbonyl (C=O) groups is 3. The molecule has 5 rings (SSSR count). The summed E-state index contributed by atoms with van der Waals surface area (Å²) in [5.74, 6) is 0.505. The zero-order chi connectivity index (χ0) is 34.0. The van der Waals surface area contributed by atoms with Crippen LogP contribution in [0.15, 0.2) is 89.7 Å². The highest BCUT2D eigenvalue weighted by molar-refractivity contribution is 6.05. The fourth-order valence-corrected chi connectivity index (χ4v) is 4.54. The van der Waals surface area contributed by atoms with Crippen LogP contribution in [0.25, 0.3) is 6.08 Å². The fourth-order valence-electron chi connectivity index (χ4n) is 4.54. The molecule has 1 aliphatic rings. The number of benzene rings is 4. The minimum absolute atomic E-state index is 0.0634. The maximum atomic E-state index is 13.2. The fraction of sp³-hybridized carbons (Fsp3) is 0.143. The molecule has 0 spiro atoms. The molecule has 1 heterocycles. The largest absolute Gasteiger partial charge is 0.493 e. The number of ether oxygens (including phenoxy) is 7. The summed E-state index contributed by atoms with van der Waals surface area (Å²) in [7, 11) is 5.75. The number of hydrogen-bond donors (Lipinski definition) is 2. The lowest BCUT2D eigenvalue weighted by atomic mass is 10.1. The lowest BCUT2D eigenvalue weighted by Crippen LogP contribution is -2.32. The zero-order valence-corrected chi connectivity index (χ0v) is 26.4. The standard InChI is InChI=1S/C35H31N3O10/c1-42-28-16-22(11-13-27(28)48-35(41)24-17-30(43-2)32(45-4)31(18-24)44-3)19-36-38-34(40)25(37-33(39)23-8-6-5-7-9-23)14-21-10-12-26-29(15-21)47-20-46-26/h5-19H,20H2,1-4H3,(H,37,39)(H,38,40)/b25-14-,36-19-. The molecule has 0 radical (unpaired) electrons. The summed E-state index contributed by atoms with van der Waals surface area (Å²) >= 11 is 0. The Hall–Kier alpha value is -6.50. The Morgan fingerprint density at radius 2 is 1.40 bits per heavy atom. The molecule has 0 bridgehead atoms. The van der Waals surface area contributed by atoms with Gasteiger partial charge >= 0.3 is 5.97 Å². The van der Waals surface area contributed by atoms with Gasteiger partial charge in [0, 0.05) is 5.56 Å². The van der Waals surface area contributed by atoms with Crippen molar-refractivity contribution < 1.29 is 47.5 Å². The molecular formula is C35H31N3O10. The Bertz CT molecular complexity index is 1860. The van der Waals surface area contributed by atoms with E-state index in [9.17, 15) is 14.4 Å². The van der Waals surface area contributed by atoms with Crippen LogP contribution in [0.5, 0.6) is 40.2 Å². The summed E-state index contributed by atoms with van der Waals surface area (Å²) in [5.41, 5.74) is 3.98. The smallest absolute Gasteiger partial charge is 0.343 e. The maximum absolute atomic E-state index is 13.2. The van der Waals surface area contributed by atoms with E-state index >= 15 is 0 Å². The number of nitrogens with zero attached hydrogens (tertiary/aromatic N) is 1. The second kappa shape index (κ2) is 15.2. The molecular weight excluding hydrogens is 622 g/mol. The lowest BCUT2D eigenvalue weighted by molar-refractivity contribution is -0.117. The first kappa shape index (κ1) is 32.9. The highest BCUT2D eigenvalue weighted by Crippen LogP contribution is 2.39. The Morgan fingerprint density at radius 1 is 0.708 bits per heavy atom. The van der Waals surface area contributed by atoms with Gasteiger partial charge in [0.1, 0.15) is 5.70 Å². The summed E-state index contributed by atoms with van der Waals surface area (Å²) in [6.07, 6.45) is 2.86. The molecule has 246 valence electrons. The summed E-state index contributed by atoms with van der Waals surface area (Å²) in [5, 5.41) is 6.69. The van der Waals surface area contributed by atoms with E-state index in [4.69, 9.17) is 33.2 Å². The first-order valence-electron chi connectivity index (χ1n) is 14.3. The van der Waals surface area contributed by atoms with E-state index in [2.05, 4.69) is 15.8 Å². The molecule has 0 fully saturated rings. The van der Waals surface area contributed by atoms with E-state index in [0.717, 1.165) is 0 Å². The molecule has 0 saturated heterocycles. The van der Waals surface area contributed by atoms with Gasteiger partial charge in [0.15, 0.2) is 34.5 Å². The quantitative estimate of drug-likeness (QED) is 0.0730. The van der Waals surface area contributed by atoms with Crippen LogP contribution in [0.4, 0.5) is 0 Å². The molecule has 0 unspecified atom stereocenters. The predicted molar refractivity (Wildman–Crippen MR) is 174 cm³/mol. The minimum Gasteiger partial charge on any atom is -0.493 e. The third-order valence-corrected chi connectivity index (χ3v) is 6.91. The van der Waals surface area contributed by atoms with Crippen LogP contribution in [-0.4, -0.2) is 59.2 Å². The summed E-state index contributed by atoms with van der Waals surface area (Å²) in [4.78, 5) is 39.2. The molecule has 2 amide bonds. The van der Waals surface area contributed by atoms with Gasteiger partial charge in [-0.15, -0.1) is 0 Å². The molecule has 4 aromatic carbocycles. The zero-order valence-electron chi connectivity index (χ0n) is 26.4. The van der Waals surface area contributed by atoms with Crippen molar-refractivity contribution >= 4 is 30.1 Å². The van der Waals surface area contributed by atoms with Crippen LogP contribution in [-0.2, 0) is 4.79 Å². The number of nitrogens with one attached hydrogen (secondary N) is 2. The first-order valence-corrected chi connectivity index (χ1v) is 14.3. The lowest BCUT2D eigenvalue weighted by Gasteiger charge is -2.14. The van der Waals surface area contributed by atoms with Crippen LogP contribution in [0.2, 0.25) is 0 Å². The van der Waals surface area contributed by atoms with Crippen LogP contribution in [0.1, 0.15) is 31.8 Å². The van der Waals surface area contributed by atoms with Crippen molar-refractivity contribution in [1.29, 1.82) is 0 Å². The molecule has 4 aromatic rings. The van der Waals surface area contributed by atoms with Gasteiger partial charge in [0.05, 0.1) is 40.2 Å². The van der Waals surface area contributed by atoms with Gasteiger partial charge in [0.2, 0.25) is 12.5 Å². The molecule has 2 N–H and O–H groups in total. The number of methoxy groups -OCH3 is 4. The third kappa shape index (κ3) is 7.65. The number of carbonyl (C=O) groups excluding carboxylic acids is 3. The van der Waals surface area contributed by atoms with Crippen LogP contribution < -0.4 is 43.9 Å². The number of esters is 1. The van der Waals surface area contributed by atoms with Gasteiger partial charge in [-0.1, -0.05) is 24.3 Å². The van der Waals surface area contributed by atoms with E-state index in [1.54, 1.807) is 60.7 Å². The maximum Gasteiger partial charge on any atom is 0.343 e. The van der Waals surface area contributed by atoms with Gasteiger partial charge in [-0.05, 0) is 71.8 Å². The predicted octanol–water partition coefficient (Wildman–Crippen LogP) is 4.59. The highest BCUT2D eigenvalue weighted by Gasteiger charge is 2.20. The summed E-state index contributed by atoms with van der Waals surface area (Å²) in [6.45, 7) is 0.0939. The monoisotopic (exact) mass is 653 g/mol. The highest BCUT2D eigenvalue weighted by atomic mass is 16.7.